The first kappa shape index (κ1) is 16.8. The second-order valence-corrected chi connectivity index (χ2v) is 5.57. The standard InChI is InChI=1S/C14H15FN2O4.Li.H/c15-10-2-1-3-11(16-10)17-8-14(21-13(17)20)6-4-9(5-7-14)12(18)19;;/h1-3,9H,4-8H2,(H,18,19);;. The normalized spacial score (nSPS) is 27.4. The van der Waals surface area contributed by atoms with Gasteiger partial charge in [0.15, 0.2) is 0 Å². The van der Waals surface area contributed by atoms with E-state index in [0.717, 1.165) is 0 Å². The van der Waals surface area contributed by atoms with Crippen LogP contribution in [0.25, 0.3) is 0 Å². The summed E-state index contributed by atoms with van der Waals surface area (Å²) in [4.78, 5) is 28.0. The summed E-state index contributed by atoms with van der Waals surface area (Å²) in [6.45, 7) is 0.286. The Balaban J connectivity index is 0.00000176. The van der Waals surface area contributed by atoms with Gasteiger partial charge in [0, 0.05) is 0 Å². The first-order chi connectivity index (χ1) is 9.99. The Morgan fingerprint density at radius 2 is 2.09 bits per heavy atom. The molecule has 2 heterocycles. The summed E-state index contributed by atoms with van der Waals surface area (Å²) >= 11 is 0. The second-order valence-electron chi connectivity index (χ2n) is 5.57. The van der Waals surface area contributed by atoms with E-state index in [2.05, 4.69) is 4.98 Å². The number of hydrogen-bond acceptors (Lipinski definition) is 4. The van der Waals surface area contributed by atoms with Gasteiger partial charge in [0.1, 0.15) is 11.4 Å². The van der Waals surface area contributed by atoms with Crippen LogP contribution in [-0.2, 0) is 9.53 Å². The number of aromatic nitrogens is 1. The molecule has 8 heteroatoms. The molecule has 1 spiro atoms. The molecule has 2 fully saturated rings. The molecule has 3 rings (SSSR count). The first-order valence-electron chi connectivity index (χ1n) is 6.85. The predicted molar refractivity (Wildman–Crippen MR) is 77.5 cm³/mol. The van der Waals surface area contributed by atoms with Gasteiger partial charge in [-0.25, -0.2) is 9.78 Å². The van der Waals surface area contributed by atoms with Gasteiger partial charge in [-0.05, 0) is 37.8 Å². The van der Waals surface area contributed by atoms with Crippen LogP contribution in [0.15, 0.2) is 18.2 Å². The average molecular weight is 302 g/mol. The van der Waals surface area contributed by atoms with Gasteiger partial charge in [0.05, 0.1) is 12.5 Å². The Labute approximate surface area is 138 Å². The molecule has 1 aliphatic heterocycles. The maximum absolute atomic E-state index is 13.2. The van der Waals surface area contributed by atoms with Crippen molar-refractivity contribution in [2.45, 2.75) is 31.3 Å². The van der Waals surface area contributed by atoms with E-state index in [-0.39, 0.29) is 37.1 Å². The Morgan fingerprint density at radius 3 is 2.68 bits per heavy atom. The van der Waals surface area contributed by atoms with Gasteiger partial charge in [-0.2, -0.15) is 4.39 Å². The zero-order valence-corrected chi connectivity index (χ0v) is 11.3. The van der Waals surface area contributed by atoms with Crippen LogP contribution in [0.2, 0.25) is 0 Å². The van der Waals surface area contributed by atoms with E-state index in [9.17, 15) is 14.0 Å². The zero-order chi connectivity index (χ0) is 15.0. The molecule has 1 saturated heterocycles. The summed E-state index contributed by atoms with van der Waals surface area (Å²) in [5.74, 6) is -1.62. The van der Waals surface area contributed by atoms with Crippen molar-refractivity contribution in [2.24, 2.45) is 5.92 Å². The maximum atomic E-state index is 13.2. The molecular weight excluding hydrogens is 286 g/mol. The van der Waals surface area contributed by atoms with Crippen LogP contribution < -0.4 is 4.90 Å². The van der Waals surface area contributed by atoms with Crippen LogP contribution in [0.1, 0.15) is 25.7 Å². The molecule has 1 aromatic rings. The third kappa shape index (κ3) is 3.11. The molecule has 0 bridgehead atoms. The van der Waals surface area contributed by atoms with Crippen LogP contribution in [0, 0.1) is 11.9 Å². The van der Waals surface area contributed by atoms with Crippen LogP contribution in [-0.4, -0.2) is 53.2 Å². The molecule has 0 radical (unpaired) electrons. The predicted octanol–water partition coefficient (Wildman–Crippen LogP) is 1.54. The fraction of sp³-hybridized carbons (Fsp3) is 0.500. The molecule has 1 N–H and O–H groups in total. The molecule has 0 aromatic carbocycles. The zero-order valence-electron chi connectivity index (χ0n) is 11.3. The summed E-state index contributed by atoms with van der Waals surface area (Å²) in [6, 6.07) is 4.24. The van der Waals surface area contributed by atoms with Gasteiger partial charge in [0.2, 0.25) is 5.95 Å². The third-order valence-electron chi connectivity index (χ3n) is 4.19. The number of halogens is 1. The Hall–Kier alpha value is -1.58. The first-order valence-corrected chi connectivity index (χ1v) is 6.85. The number of amides is 1. The van der Waals surface area contributed by atoms with Crippen LogP contribution in [0.4, 0.5) is 15.0 Å². The minimum atomic E-state index is -0.808. The molecule has 1 amide bonds. The van der Waals surface area contributed by atoms with E-state index in [0.29, 0.717) is 25.7 Å². The number of anilines is 1. The monoisotopic (exact) mass is 302 g/mol. The number of aliphatic carboxylic acids is 1. The Bertz CT molecular complexity index is 590. The number of pyridine rings is 1. The van der Waals surface area contributed by atoms with E-state index in [4.69, 9.17) is 9.84 Å². The number of carbonyl (C=O) groups excluding carboxylic acids is 1. The Morgan fingerprint density at radius 1 is 1.41 bits per heavy atom. The van der Waals surface area contributed by atoms with Crippen LogP contribution >= 0.6 is 0 Å². The average Bonchev–Trinajstić information content (AvgIpc) is 2.76. The number of carboxylic acid groups (broad SMARTS) is 1. The van der Waals surface area contributed by atoms with E-state index < -0.39 is 23.6 Å². The number of rotatable bonds is 2. The molecule has 6 nitrogen and oxygen atoms in total. The summed E-state index contributed by atoms with van der Waals surface area (Å²) in [7, 11) is 0. The van der Waals surface area contributed by atoms with E-state index in [1.165, 1.54) is 17.0 Å². The second kappa shape index (κ2) is 6.27. The molecule has 2 aliphatic rings. The van der Waals surface area contributed by atoms with Crippen molar-refractivity contribution in [1.82, 2.24) is 4.98 Å². The number of hydrogen-bond donors (Lipinski definition) is 1. The number of carboxylic acids is 1. The fourth-order valence-corrected chi connectivity index (χ4v) is 3.00. The van der Waals surface area contributed by atoms with Crippen molar-refractivity contribution in [2.75, 3.05) is 11.4 Å². The van der Waals surface area contributed by atoms with Crippen molar-refractivity contribution in [1.29, 1.82) is 0 Å². The summed E-state index contributed by atoms with van der Waals surface area (Å²) in [5.41, 5.74) is -0.670. The quantitative estimate of drug-likeness (QED) is 0.662. The van der Waals surface area contributed by atoms with E-state index in [1.807, 2.05) is 0 Å². The van der Waals surface area contributed by atoms with Gasteiger partial charge in [0.25, 0.3) is 0 Å². The van der Waals surface area contributed by atoms with Crippen molar-refractivity contribution in [3.8, 4) is 0 Å². The molecule has 1 aliphatic carbocycles. The van der Waals surface area contributed by atoms with Gasteiger partial charge < -0.3 is 9.84 Å². The van der Waals surface area contributed by atoms with Crippen molar-refractivity contribution in [3.63, 3.8) is 0 Å². The van der Waals surface area contributed by atoms with Crippen LogP contribution in [0.3, 0.4) is 0 Å². The molecule has 1 aromatic heterocycles. The third-order valence-corrected chi connectivity index (χ3v) is 4.19. The molecule has 1 saturated carbocycles. The van der Waals surface area contributed by atoms with Gasteiger partial charge in [-0.15, -0.1) is 0 Å². The van der Waals surface area contributed by atoms with Crippen LogP contribution in [0.5, 0.6) is 0 Å². The van der Waals surface area contributed by atoms with E-state index >= 15 is 0 Å². The minimum absolute atomic E-state index is 0. The summed E-state index contributed by atoms with van der Waals surface area (Å²) in [6.07, 6.45) is 1.41. The topological polar surface area (TPSA) is 79.7 Å². The number of nitrogens with zero attached hydrogens (tertiary/aromatic N) is 2. The molecule has 0 atom stereocenters. The van der Waals surface area contributed by atoms with Crippen molar-refractivity contribution < 1.29 is 23.8 Å². The molecule has 114 valence electrons. The number of ether oxygens (including phenoxy) is 1. The molecule has 22 heavy (non-hydrogen) atoms. The van der Waals surface area contributed by atoms with Gasteiger partial charge >= 0.3 is 30.9 Å². The van der Waals surface area contributed by atoms with Crippen molar-refractivity contribution in [3.05, 3.63) is 24.1 Å². The van der Waals surface area contributed by atoms with Crippen molar-refractivity contribution >= 4 is 36.7 Å². The number of carbonyl (C=O) groups is 2. The molecule has 0 unspecified atom stereocenters. The summed E-state index contributed by atoms with van der Waals surface area (Å²) < 4.78 is 18.6. The fourth-order valence-electron chi connectivity index (χ4n) is 3.00. The van der Waals surface area contributed by atoms with E-state index in [1.54, 1.807) is 6.07 Å². The summed E-state index contributed by atoms with van der Waals surface area (Å²) in [5, 5.41) is 9.01. The Kier molecular flexibility index (Phi) is 4.78. The van der Waals surface area contributed by atoms with Gasteiger partial charge in [-0.1, -0.05) is 6.07 Å². The SMILES string of the molecule is O=C(O)C1CCC2(CC1)CN(c1cccc(F)n1)C(=O)O2.[LiH]. The molecular formula is C14H16FLiN2O4. The van der Waals surface area contributed by atoms with Gasteiger partial charge in [-0.3, -0.25) is 9.69 Å².